The number of aliphatic hydroxyl groups excluding tert-OH is 1. The summed E-state index contributed by atoms with van der Waals surface area (Å²) in [6, 6.07) is 0. The molecule has 2 heterocycles. The van der Waals surface area contributed by atoms with Crippen LogP contribution in [0.25, 0.3) is 0 Å². The standard InChI is InChI=1S/C11H18N2OS/c1-8-10(7-14)15-11(12-8)9-3-5-13(2)6-4-9/h9,14H,3-7H2,1-2H3. The molecule has 0 spiro atoms. The lowest BCUT2D eigenvalue weighted by atomic mass is 9.98. The van der Waals surface area contributed by atoms with Gasteiger partial charge in [-0.3, -0.25) is 0 Å². The highest BCUT2D eigenvalue weighted by molar-refractivity contribution is 7.11. The number of hydrogen-bond donors (Lipinski definition) is 1. The minimum atomic E-state index is 0.135. The van der Waals surface area contributed by atoms with Crippen LogP contribution in [0, 0.1) is 6.92 Å². The highest BCUT2D eigenvalue weighted by Gasteiger charge is 2.21. The Balaban J connectivity index is 2.09. The van der Waals surface area contributed by atoms with Gasteiger partial charge in [-0.05, 0) is 39.9 Å². The van der Waals surface area contributed by atoms with E-state index in [0.29, 0.717) is 5.92 Å². The van der Waals surface area contributed by atoms with Crippen molar-refractivity contribution in [3.8, 4) is 0 Å². The monoisotopic (exact) mass is 226 g/mol. The van der Waals surface area contributed by atoms with Gasteiger partial charge >= 0.3 is 0 Å². The van der Waals surface area contributed by atoms with Crippen LogP contribution in [0.15, 0.2) is 0 Å². The van der Waals surface area contributed by atoms with Gasteiger partial charge in [0, 0.05) is 5.92 Å². The number of nitrogens with zero attached hydrogens (tertiary/aromatic N) is 2. The maximum atomic E-state index is 9.13. The molecule has 4 heteroatoms. The Kier molecular flexibility index (Phi) is 3.38. The minimum absolute atomic E-state index is 0.135. The lowest BCUT2D eigenvalue weighted by Gasteiger charge is -2.27. The lowest BCUT2D eigenvalue weighted by Crippen LogP contribution is -2.29. The van der Waals surface area contributed by atoms with Gasteiger partial charge in [0.15, 0.2) is 0 Å². The first-order valence-electron chi connectivity index (χ1n) is 5.46. The van der Waals surface area contributed by atoms with Crippen LogP contribution < -0.4 is 0 Å². The summed E-state index contributed by atoms with van der Waals surface area (Å²) < 4.78 is 0. The smallest absolute Gasteiger partial charge is 0.0963 e. The molecular weight excluding hydrogens is 208 g/mol. The van der Waals surface area contributed by atoms with Crippen molar-refractivity contribution in [2.45, 2.75) is 32.3 Å². The van der Waals surface area contributed by atoms with E-state index in [-0.39, 0.29) is 6.61 Å². The zero-order valence-electron chi connectivity index (χ0n) is 9.36. The summed E-state index contributed by atoms with van der Waals surface area (Å²) in [5.74, 6) is 0.616. The predicted octanol–water partition coefficient (Wildman–Crippen LogP) is 1.75. The van der Waals surface area contributed by atoms with Gasteiger partial charge in [0.2, 0.25) is 0 Å². The van der Waals surface area contributed by atoms with Crippen molar-refractivity contribution in [1.29, 1.82) is 0 Å². The fourth-order valence-corrected chi connectivity index (χ4v) is 3.12. The molecule has 15 heavy (non-hydrogen) atoms. The average Bonchev–Trinajstić information content (AvgIpc) is 2.61. The van der Waals surface area contributed by atoms with Crippen LogP contribution >= 0.6 is 11.3 Å². The van der Waals surface area contributed by atoms with Gasteiger partial charge in [-0.1, -0.05) is 0 Å². The summed E-state index contributed by atoms with van der Waals surface area (Å²) in [5, 5.41) is 10.4. The summed E-state index contributed by atoms with van der Waals surface area (Å²) in [5.41, 5.74) is 1.01. The van der Waals surface area contributed by atoms with Gasteiger partial charge in [0.25, 0.3) is 0 Å². The summed E-state index contributed by atoms with van der Waals surface area (Å²) >= 11 is 1.69. The van der Waals surface area contributed by atoms with Crippen molar-refractivity contribution in [1.82, 2.24) is 9.88 Å². The van der Waals surface area contributed by atoms with Gasteiger partial charge in [-0.2, -0.15) is 0 Å². The van der Waals surface area contributed by atoms with E-state index in [1.165, 1.54) is 17.8 Å². The van der Waals surface area contributed by atoms with Crippen LogP contribution in [0.5, 0.6) is 0 Å². The Bertz CT molecular complexity index is 329. The topological polar surface area (TPSA) is 36.4 Å². The first-order valence-corrected chi connectivity index (χ1v) is 6.28. The maximum absolute atomic E-state index is 9.13. The summed E-state index contributed by atoms with van der Waals surface area (Å²) in [6.45, 7) is 4.45. The Morgan fingerprint density at radius 1 is 1.47 bits per heavy atom. The molecule has 0 bridgehead atoms. The molecule has 1 aliphatic rings. The SMILES string of the molecule is Cc1nc(C2CCN(C)CC2)sc1CO. The molecule has 0 aromatic carbocycles. The first kappa shape index (κ1) is 11.0. The number of thiazole rings is 1. The fourth-order valence-electron chi connectivity index (χ4n) is 2.03. The first-order chi connectivity index (χ1) is 7.20. The molecule has 0 amide bonds. The van der Waals surface area contributed by atoms with E-state index in [9.17, 15) is 0 Å². The number of aromatic nitrogens is 1. The summed E-state index contributed by atoms with van der Waals surface area (Å²) in [7, 11) is 2.17. The van der Waals surface area contributed by atoms with Gasteiger partial charge in [-0.25, -0.2) is 4.98 Å². The van der Waals surface area contributed by atoms with Gasteiger partial charge in [0.1, 0.15) is 0 Å². The second-order valence-electron chi connectivity index (χ2n) is 4.30. The van der Waals surface area contributed by atoms with Crippen LogP contribution in [0.2, 0.25) is 0 Å². The summed E-state index contributed by atoms with van der Waals surface area (Å²) in [4.78, 5) is 7.97. The second-order valence-corrected chi connectivity index (χ2v) is 5.41. The summed E-state index contributed by atoms with van der Waals surface area (Å²) in [6.07, 6.45) is 2.41. The minimum Gasteiger partial charge on any atom is -0.391 e. The quantitative estimate of drug-likeness (QED) is 0.834. The normalized spacial score (nSPS) is 19.7. The Labute approximate surface area is 94.8 Å². The van der Waals surface area contributed by atoms with E-state index in [0.717, 1.165) is 23.7 Å². The van der Waals surface area contributed by atoms with Gasteiger partial charge < -0.3 is 10.0 Å². The number of piperidine rings is 1. The molecule has 1 aromatic rings. The van der Waals surface area contributed by atoms with Crippen molar-refractivity contribution in [2.24, 2.45) is 0 Å². The van der Waals surface area contributed by atoms with Crippen LogP contribution in [-0.2, 0) is 6.61 Å². The fraction of sp³-hybridized carbons (Fsp3) is 0.727. The molecule has 1 fully saturated rings. The van der Waals surface area contributed by atoms with E-state index < -0.39 is 0 Å². The molecule has 3 nitrogen and oxygen atoms in total. The van der Waals surface area contributed by atoms with Crippen LogP contribution in [0.3, 0.4) is 0 Å². The number of hydrogen-bond acceptors (Lipinski definition) is 4. The molecule has 0 radical (unpaired) electrons. The number of rotatable bonds is 2. The molecule has 0 saturated carbocycles. The third-order valence-electron chi connectivity index (χ3n) is 3.12. The van der Waals surface area contributed by atoms with Crippen molar-refractivity contribution < 1.29 is 5.11 Å². The van der Waals surface area contributed by atoms with Crippen LogP contribution in [0.1, 0.15) is 34.3 Å². The maximum Gasteiger partial charge on any atom is 0.0963 e. The highest BCUT2D eigenvalue weighted by Crippen LogP contribution is 2.32. The van der Waals surface area contributed by atoms with Crippen molar-refractivity contribution in [3.63, 3.8) is 0 Å². The molecule has 1 aliphatic heterocycles. The molecule has 0 aliphatic carbocycles. The van der Waals surface area contributed by atoms with Gasteiger partial charge in [0.05, 0.1) is 22.2 Å². The Morgan fingerprint density at radius 3 is 2.67 bits per heavy atom. The third kappa shape index (κ3) is 2.38. The molecule has 84 valence electrons. The average molecular weight is 226 g/mol. The molecule has 2 rings (SSSR count). The van der Waals surface area contributed by atoms with E-state index >= 15 is 0 Å². The second kappa shape index (κ2) is 4.60. The van der Waals surface area contributed by atoms with E-state index in [2.05, 4.69) is 16.9 Å². The molecule has 1 saturated heterocycles. The Hall–Kier alpha value is -0.450. The zero-order valence-corrected chi connectivity index (χ0v) is 10.2. The highest BCUT2D eigenvalue weighted by atomic mass is 32.1. The Morgan fingerprint density at radius 2 is 2.13 bits per heavy atom. The molecule has 0 atom stereocenters. The van der Waals surface area contributed by atoms with E-state index in [4.69, 9.17) is 5.11 Å². The van der Waals surface area contributed by atoms with Crippen LogP contribution in [-0.4, -0.2) is 35.1 Å². The predicted molar refractivity (Wildman–Crippen MR) is 62.2 cm³/mol. The lowest BCUT2D eigenvalue weighted by molar-refractivity contribution is 0.255. The zero-order chi connectivity index (χ0) is 10.8. The number of likely N-dealkylation sites (tertiary alicyclic amines) is 1. The molecule has 0 unspecified atom stereocenters. The molecule has 1 N–H and O–H groups in total. The molecule has 1 aromatic heterocycles. The van der Waals surface area contributed by atoms with Crippen LogP contribution in [0.4, 0.5) is 0 Å². The van der Waals surface area contributed by atoms with Crippen molar-refractivity contribution >= 4 is 11.3 Å². The number of aliphatic hydroxyl groups is 1. The van der Waals surface area contributed by atoms with E-state index in [1.807, 2.05) is 6.92 Å². The van der Waals surface area contributed by atoms with Gasteiger partial charge in [-0.15, -0.1) is 11.3 Å². The third-order valence-corrected chi connectivity index (χ3v) is 4.43. The largest absolute Gasteiger partial charge is 0.391 e. The van der Waals surface area contributed by atoms with Crippen molar-refractivity contribution in [3.05, 3.63) is 15.6 Å². The van der Waals surface area contributed by atoms with Crippen molar-refractivity contribution in [2.75, 3.05) is 20.1 Å². The molecular formula is C11H18N2OS. The van der Waals surface area contributed by atoms with E-state index in [1.54, 1.807) is 11.3 Å². The number of aryl methyl sites for hydroxylation is 1.